The maximum absolute atomic E-state index is 7.39. The van der Waals surface area contributed by atoms with E-state index in [0.717, 1.165) is 6.42 Å². The van der Waals surface area contributed by atoms with Crippen molar-refractivity contribution in [3.63, 3.8) is 0 Å². The maximum atomic E-state index is 7.39. The molecule has 0 radical (unpaired) electrons. The minimum absolute atomic E-state index is 0.847. The molecule has 17 heavy (non-hydrogen) atoms. The fourth-order valence-corrected chi connectivity index (χ4v) is 0.291. The van der Waals surface area contributed by atoms with Gasteiger partial charge >= 0.3 is 5.08 Å². The second-order valence-corrected chi connectivity index (χ2v) is 2.73. The van der Waals surface area contributed by atoms with Crippen molar-refractivity contribution in [1.29, 1.82) is 5.39 Å². The zero-order valence-corrected chi connectivity index (χ0v) is 11.4. The number of nitrogens with one attached hydrogen (secondary N) is 2. The Hall–Kier alpha value is -2.08. The van der Waals surface area contributed by atoms with E-state index < -0.39 is 0 Å². The number of aromatic amines is 1. The Morgan fingerprint density at radius 2 is 1.94 bits per heavy atom. The van der Waals surface area contributed by atoms with Gasteiger partial charge < -0.3 is 0 Å². The van der Waals surface area contributed by atoms with Gasteiger partial charge in [-0.3, -0.25) is 0 Å². The predicted molar refractivity (Wildman–Crippen MR) is 69.0 cm³/mol. The molecule has 0 aliphatic heterocycles. The zero-order chi connectivity index (χ0) is 13.9. The molecule has 0 bridgehead atoms. The molecule has 6 nitrogen and oxygen atoms in total. The molecule has 1 heterocycles. The first-order valence-electron chi connectivity index (χ1n) is 5.43. The van der Waals surface area contributed by atoms with E-state index in [1.807, 2.05) is 20.2 Å². The molecule has 0 aliphatic rings. The monoisotopic (exact) mass is 240 g/mol. The lowest BCUT2D eigenvalue weighted by Crippen LogP contribution is -2.28. The quantitative estimate of drug-likeness (QED) is 0.313. The first kappa shape index (κ1) is 20.3. The van der Waals surface area contributed by atoms with Crippen LogP contribution in [0.25, 0.3) is 5.08 Å². The van der Waals surface area contributed by atoms with E-state index in [4.69, 9.17) is 11.8 Å². The third-order valence-electron chi connectivity index (χ3n) is 0.884. The number of hydrogen-bond donors (Lipinski definition) is 2. The van der Waals surface area contributed by atoms with Crippen molar-refractivity contribution in [2.24, 2.45) is 7.05 Å². The third-order valence-corrected chi connectivity index (χ3v) is 0.884. The topological polar surface area (TPSA) is 72.7 Å². The zero-order valence-electron chi connectivity index (χ0n) is 11.4. The largest absolute Gasteiger partial charge is 0.302 e. The van der Waals surface area contributed by atoms with Gasteiger partial charge in [0.25, 0.3) is 5.39 Å². The van der Waals surface area contributed by atoms with Gasteiger partial charge in [-0.05, 0) is 5.43 Å². The van der Waals surface area contributed by atoms with Crippen LogP contribution < -0.4 is 10.1 Å². The molecule has 0 atom stereocenters. The van der Waals surface area contributed by atoms with Crippen molar-refractivity contribution in [2.75, 3.05) is 7.05 Å². The van der Waals surface area contributed by atoms with Gasteiger partial charge in [0.2, 0.25) is 6.20 Å². The summed E-state index contributed by atoms with van der Waals surface area (Å²) >= 11 is 0. The first-order chi connectivity index (χ1) is 8.14. The lowest BCUT2D eigenvalue weighted by Gasteiger charge is -1.66. The highest BCUT2D eigenvalue weighted by Gasteiger charge is 1.80. The number of diazo groups is 1. The van der Waals surface area contributed by atoms with Gasteiger partial charge in [-0.25, -0.2) is 0 Å². The number of hydrogen-bond acceptors (Lipinski definition) is 3. The average molecular weight is 240 g/mol. The standard InChI is InChI=1S/C4H6.C3H5N3.C3H8.CH4N3/c1-3-4-2;1-6-3-2-4-5-6;1-3-2;1-3-4-2/h1H,4H2,2H3;2-3H,1H3;3H2,1-2H3;3H,1H3/q;;;+1/p+1. The van der Waals surface area contributed by atoms with E-state index in [1.165, 1.54) is 13.5 Å². The number of H-pyrrole nitrogens is 1. The summed E-state index contributed by atoms with van der Waals surface area (Å²) in [7, 11) is 3.40. The highest BCUT2D eigenvalue weighted by atomic mass is 15.4. The summed E-state index contributed by atoms with van der Waals surface area (Å²) in [4.78, 5) is 0. The van der Waals surface area contributed by atoms with Crippen molar-refractivity contribution in [2.45, 2.75) is 33.6 Å². The SMILES string of the molecule is C#CCC.CCC.CN[N+]#N.C[n+]1ccn[nH]1. The van der Waals surface area contributed by atoms with Gasteiger partial charge in [0.05, 0.1) is 7.05 Å². The Morgan fingerprint density at radius 1 is 1.53 bits per heavy atom. The number of aryl methyl sites for hydroxylation is 1. The molecule has 0 spiro atoms. The van der Waals surface area contributed by atoms with Crippen LogP contribution in [-0.2, 0) is 7.05 Å². The van der Waals surface area contributed by atoms with Gasteiger partial charge in [0.1, 0.15) is 7.05 Å². The lowest BCUT2D eigenvalue weighted by atomic mass is 10.5. The molecular weight excluding hydrogens is 216 g/mol. The molecule has 1 rings (SSSR count). The van der Waals surface area contributed by atoms with Gasteiger partial charge in [0, 0.05) is 11.5 Å². The Bertz CT molecular complexity index is 266. The van der Waals surface area contributed by atoms with Crippen molar-refractivity contribution in [3.8, 4) is 12.3 Å². The number of terminal acetylenes is 1. The van der Waals surface area contributed by atoms with Gasteiger partial charge in [-0.2, -0.15) is 4.68 Å². The van der Waals surface area contributed by atoms with Crippen molar-refractivity contribution >= 4 is 0 Å². The normalized spacial score (nSPS) is 6.29. The number of aromatic nitrogens is 3. The lowest BCUT2D eigenvalue weighted by molar-refractivity contribution is -0.730. The summed E-state index contributed by atoms with van der Waals surface area (Å²) in [5, 5.41) is 16.2. The summed E-state index contributed by atoms with van der Waals surface area (Å²) in [6.45, 7) is 6.19. The van der Waals surface area contributed by atoms with Crippen LogP contribution >= 0.6 is 0 Å². The van der Waals surface area contributed by atoms with E-state index >= 15 is 0 Å². The van der Waals surface area contributed by atoms with Crippen LogP contribution in [0.1, 0.15) is 33.6 Å². The van der Waals surface area contributed by atoms with Gasteiger partial charge in [-0.15, -0.1) is 12.3 Å². The average Bonchev–Trinajstić information content (AvgIpc) is 2.82. The summed E-state index contributed by atoms with van der Waals surface area (Å²) in [6, 6.07) is 0. The molecule has 0 amide bonds. The minimum atomic E-state index is 0.847. The molecule has 0 fully saturated rings. The van der Waals surface area contributed by atoms with Crippen LogP contribution in [0.4, 0.5) is 0 Å². The Labute approximate surface area is 104 Å². The molecule has 0 aliphatic carbocycles. The van der Waals surface area contributed by atoms with Crippen LogP contribution in [-0.4, -0.2) is 17.4 Å². The number of rotatable bonds is 0. The van der Waals surface area contributed by atoms with Crippen molar-refractivity contribution in [3.05, 3.63) is 17.5 Å². The third kappa shape index (κ3) is 41.3. The molecule has 0 saturated carbocycles. The fourth-order valence-electron chi connectivity index (χ4n) is 0.291. The highest BCUT2D eigenvalue weighted by molar-refractivity contribution is 4.80. The van der Waals surface area contributed by atoms with E-state index in [1.54, 1.807) is 10.9 Å². The summed E-state index contributed by atoms with van der Waals surface area (Å²) in [6.07, 6.45) is 10.4. The first-order valence-corrected chi connectivity index (χ1v) is 5.43. The van der Waals surface area contributed by atoms with E-state index in [9.17, 15) is 0 Å². The van der Waals surface area contributed by atoms with E-state index in [2.05, 4.69) is 40.6 Å². The van der Waals surface area contributed by atoms with Crippen molar-refractivity contribution in [1.82, 2.24) is 15.7 Å². The Morgan fingerprint density at radius 3 is 2.00 bits per heavy atom. The maximum Gasteiger partial charge on any atom is 0.302 e. The number of nitrogens with zero attached hydrogens (tertiary/aromatic N) is 4. The molecular formula is C11H24N6+2. The molecule has 0 unspecified atom stereocenters. The molecule has 96 valence electrons. The van der Waals surface area contributed by atoms with E-state index in [-0.39, 0.29) is 0 Å². The fraction of sp³-hybridized carbons (Fsp3) is 0.636. The van der Waals surface area contributed by atoms with Crippen molar-refractivity contribution < 1.29 is 4.68 Å². The molecule has 1 aromatic heterocycles. The highest BCUT2D eigenvalue weighted by Crippen LogP contribution is 1.58. The smallest absolute Gasteiger partial charge is 0.166 e. The minimum Gasteiger partial charge on any atom is -0.166 e. The molecule has 2 N–H and O–H groups in total. The summed E-state index contributed by atoms with van der Waals surface area (Å²) < 4.78 is 1.76. The Balaban J connectivity index is -0.000000161. The van der Waals surface area contributed by atoms with Gasteiger partial charge in [0.15, 0.2) is 6.20 Å². The van der Waals surface area contributed by atoms with Crippen LogP contribution in [0, 0.1) is 17.7 Å². The molecule has 0 aromatic carbocycles. The molecule has 1 aromatic rings. The molecule has 6 heteroatoms. The second kappa shape index (κ2) is 23.6. The summed E-state index contributed by atoms with van der Waals surface area (Å²) in [5.74, 6) is 2.43. The molecule has 0 saturated heterocycles. The van der Waals surface area contributed by atoms with Crippen LogP contribution in [0.5, 0.6) is 0 Å². The predicted octanol–water partition coefficient (Wildman–Crippen LogP) is 1.65. The van der Waals surface area contributed by atoms with Crippen LogP contribution in [0.2, 0.25) is 0 Å². The van der Waals surface area contributed by atoms with E-state index in [0.29, 0.717) is 0 Å². The van der Waals surface area contributed by atoms with Gasteiger partial charge in [-0.1, -0.05) is 32.4 Å². The van der Waals surface area contributed by atoms with Crippen LogP contribution in [0.3, 0.4) is 0 Å². The summed E-state index contributed by atoms with van der Waals surface area (Å²) in [5.41, 5.74) is 2.11. The second-order valence-electron chi connectivity index (χ2n) is 2.73. The Kier molecular flexibility index (Phi) is 28.3. The van der Waals surface area contributed by atoms with Crippen LogP contribution in [0.15, 0.2) is 12.4 Å².